The van der Waals surface area contributed by atoms with E-state index in [2.05, 4.69) is 32.8 Å². The molecule has 5 heteroatoms. The average Bonchev–Trinajstić information content (AvgIpc) is 2.89. The molecule has 2 aromatic heterocycles. The summed E-state index contributed by atoms with van der Waals surface area (Å²) in [5.74, 6) is 0.737. The molecule has 0 aliphatic carbocycles. The zero-order chi connectivity index (χ0) is 14.1. The summed E-state index contributed by atoms with van der Waals surface area (Å²) in [4.78, 5) is 12.5. The average molecular weight is 331 g/mol. The summed E-state index contributed by atoms with van der Waals surface area (Å²) >= 11 is 3.48. The smallest absolute Gasteiger partial charge is 0.161 e. The van der Waals surface area contributed by atoms with Crippen molar-refractivity contribution in [3.8, 4) is 11.4 Å². The van der Waals surface area contributed by atoms with Crippen LogP contribution in [0, 0.1) is 0 Å². The van der Waals surface area contributed by atoms with Gasteiger partial charge in [0.05, 0.1) is 5.69 Å². The first kappa shape index (κ1) is 13.3. The number of rotatable bonds is 3. The van der Waals surface area contributed by atoms with E-state index in [0.29, 0.717) is 6.54 Å². The molecule has 4 nitrogen and oxygen atoms in total. The first-order valence-electron chi connectivity index (χ1n) is 6.55. The van der Waals surface area contributed by atoms with Gasteiger partial charge in [0, 0.05) is 28.2 Å². The van der Waals surface area contributed by atoms with Gasteiger partial charge in [0.25, 0.3) is 0 Å². The third-order valence-electron chi connectivity index (χ3n) is 3.33. The molecule has 3 N–H and O–H groups in total. The second-order valence-electron chi connectivity index (χ2n) is 4.60. The summed E-state index contributed by atoms with van der Waals surface area (Å²) in [6.07, 6.45) is 2.77. The predicted octanol–water partition coefficient (Wildman–Crippen LogP) is 3.41. The molecule has 0 unspecified atom stereocenters. The Balaban J connectivity index is 2.23. The molecule has 0 bridgehead atoms. The fraction of sp³-hybridized carbons (Fsp3) is 0.200. The second kappa shape index (κ2) is 5.34. The molecule has 3 rings (SSSR count). The minimum atomic E-state index is 0.493. The summed E-state index contributed by atoms with van der Waals surface area (Å²) in [7, 11) is 0. The molecule has 20 heavy (non-hydrogen) atoms. The largest absolute Gasteiger partial charge is 0.346 e. The van der Waals surface area contributed by atoms with Gasteiger partial charge in [-0.1, -0.05) is 35.0 Å². The predicted molar refractivity (Wildman–Crippen MR) is 84.3 cm³/mol. The van der Waals surface area contributed by atoms with Gasteiger partial charge in [0.15, 0.2) is 5.82 Å². The Labute approximate surface area is 125 Å². The summed E-state index contributed by atoms with van der Waals surface area (Å²) in [6.45, 7) is 2.59. The van der Waals surface area contributed by atoms with Crippen LogP contribution in [0.3, 0.4) is 0 Å². The van der Waals surface area contributed by atoms with E-state index in [1.807, 2.05) is 30.5 Å². The molecule has 0 aliphatic rings. The van der Waals surface area contributed by atoms with Crippen molar-refractivity contribution in [1.82, 2.24) is 15.0 Å². The van der Waals surface area contributed by atoms with Gasteiger partial charge in [-0.15, -0.1) is 0 Å². The van der Waals surface area contributed by atoms with Crippen molar-refractivity contribution in [3.63, 3.8) is 0 Å². The third-order valence-corrected chi connectivity index (χ3v) is 3.82. The van der Waals surface area contributed by atoms with Crippen LogP contribution in [0.4, 0.5) is 0 Å². The number of halogens is 1. The Morgan fingerprint density at radius 3 is 2.85 bits per heavy atom. The number of aromatic amines is 1. The minimum Gasteiger partial charge on any atom is -0.346 e. The zero-order valence-electron chi connectivity index (χ0n) is 11.2. The molecule has 3 aromatic rings. The molecule has 1 aromatic carbocycles. The lowest BCUT2D eigenvalue weighted by atomic mass is 10.1. The van der Waals surface area contributed by atoms with Crippen molar-refractivity contribution >= 4 is 27.0 Å². The second-order valence-corrected chi connectivity index (χ2v) is 5.52. The van der Waals surface area contributed by atoms with Crippen molar-refractivity contribution in [3.05, 3.63) is 46.2 Å². The number of aromatic nitrogens is 3. The number of nitrogens with one attached hydrogen (secondary N) is 1. The zero-order valence-corrected chi connectivity index (χ0v) is 12.7. The maximum atomic E-state index is 5.77. The fourth-order valence-corrected chi connectivity index (χ4v) is 2.75. The van der Waals surface area contributed by atoms with Gasteiger partial charge in [-0.05, 0) is 24.1 Å². The molecule has 0 radical (unpaired) electrons. The lowest BCUT2D eigenvalue weighted by Gasteiger charge is -2.06. The minimum absolute atomic E-state index is 0.493. The quantitative estimate of drug-likeness (QED) is 0.773. The number of nitrogens with zero attached hydrogens (tertiary/aromatic N) is 2. The van der Waals surface area contributed by atoms with Crippen LogP contribution in [0.15, 0.2) is 34.9 Å². The number of H-pyrrole nitrogens is 1. The number of hydrogen-bond acceptors (Lipinski definition) is 3. The molecule has 102 valence electrons. The molecule has 0 aliphatic heterocycles. The molecule has 0 saturated heterocycles. The maximum absolute atomic E-state index is 5.77. The van der Waals surface area contributed by atoms with E-state index in [1.165, 1.54) is 0 Å². The Bertz CT molecular complexity index is 764. The van der Waals surface area contributed by atoms with Crippen LogP contribution in [0.5, 0.6) is 0 Å². The van der Waals surface area contributed by atoms with Gasteiger partial charge in [-0.25, -0.2) is 9.97 Å². The van der Waals surface area contributed by atoms with Crippen LogP contribution in [0.1, 0.15) is 18.2 Å². The molecule has 2 heterocycles. The van der Waals surface area contributed by atoms with Crippen LogP contribution < -0.4 is 5.73 Å². The van der Waals surface area contributed by atoms with Crippen molar-refractivity contribution in [2.75, 3.05) is 0 Å². The van der Waals surface area contributed by atoms with Crippen molar-refractivity contribution < 1.29 is 0 Å². The van der Waals surface area contributed by atoms with Crippen molar-refractivity contribution in [2.24, 2.45) is 5.73 Å². The summed E-state index contributed by atoms with van der Waals surface area (Å²) in [6, 6.07) is 8.01. The molecule has 0 fully saturated rings. The first-order valence-corrected chi connectivity index (χ1v) is 7.35. The molecule has 0 amide bonds. The lowest BCUT2D eigenvalue weighted by molar-refractivity contribution is 1.02. The molecular weight excluding hydrogens is 316 g/mol. The van der Waals surface area contributed by atoms with Gasteiger partial charge in [0.1, 0.15) is 5.65 Å². The maximum Gasteiger partial charge on any atom is 0.161 e. The van der Waals surface area contributed by atoms with Gasteiger partial charge in [0.2, 0.25) is 0 Å². The van der Waals surface area contributed by atoms with Crippen molar-refractivity contribution in [2.45, 2.75) is 19.9 Å². The highest BCUT2D eigenvalue weighted by Crippen LogP contribution is 2.25. The van der Waals surface area contributed by atoms with E-state index in [1.54, 1.807) is 0 Å². The van der Waals surface area contributed by atoms with Crippen LogP contribution in [-0.4, -0.2) is 15.0 Å². The number of aryl methyl sites for hydroxylation is 1. The summed E-state index contributed by atoms with van der Waals surface area (Å²) in [5.41, 5.74) is 9.73. The Morgan fingerprint density at radius 1 is 1.30 bits per heavy atom. The van der Waals surface area contributed by atoms with Gasteiger partial charge < -0.3 is 10.7 Å². The van der Waals surface area contributed by atoms with Crippen molar-refractivity contribution in [1.29, 1.82) is 0 Å². The van der Waals surface area contributed by atoms with Gasteiger partial charge in [-0.3, -0.25) is 0 Å². The van der Waals surface area contributed by atoms with Crippen LogP contribution in [0.2, 0.25) is 0 Å². The van der Waals surface area contributed by atoms with Crippen LogP contribution in [0.25, 0.3) is 22.4 Å². The summed E-state index contributed by atoms with van der Waals surface area (Å²) in [5, 5.41) is 1.06. The van der Waals surface area contributed by atoms with E-state index in [-0.39, 0.29) is 0 Å². The standard InChI is InChI=1S/C15H15BrN4/c1-2-12-13-10(7-17)8-18-15(13)20-14(19-12)9-4-3-5-11(16)6-9/h3-6,8H,2,7,17H2,1H3,(H,18,19,20). The highest BCUT2D eigenvalue weighted by molar-refractivity contribution is 9.10. The van der Waals surface area contributed by atoms with E-state index in [9.17, 15) is 0 Å². The first-order chi connectivity index (χ1) is 9.72. The Morgan fingerprint density at radius 2 is 2.15 bits per heavy atom. The topological polar surface area (TPSA) is 67.6 Å². The Kier molecular flexibility index (Phi) is 3.54. The molecular formula is C15H15BrN4. The van der Waals surface area contributed by atoms with E-state index < -0.39 is 0 Å². The SMILES string of the molecule is CCc1nc(-c2cccc(Br)c2)nc2[nH]cc(CN)c12. The normalized spacial score (nSPS) is 11.2. The van der Waals surface area contributed by atoms with E-state index >= 15 is 0 Å². The summed E-state index contributed by atoms with van der Waals surface area (Å²) < 4.78 is 1.02. The number of benzene rings is 1. The molecule has 0 atom stereocenters. The van der Waals surface area contributed by atoms with Crippen LogP contribution in [-0.2, 0) is 13.0 Å². The highest BCUT2D eigenvalue weighted by atomic mass is 79.9. The number of nitrogens with two attached hydrogens (primary N) is 1. The number of hydrogen-bond donors (Lipinski definition) is 2. The van der Waals surface area contributed by atoms with Crippen LogP contribution >= 0.6 is 15.9 Å². The number of fused-ring (bicyclic) bond motifs is 1. The molecule has 0 spiro atoms. The highest BCUT2D eigenvalue weighted by Gasteiger charge is 2.12. The fourth-order valence-electron chi connectivity index (χ4n) is 2.35. The lowest BCUT2D eigenvalue weighted by Crippen LogP contribution is -2.00. The van der Waals surface area contributed by atoms with E-state index in [0.717, 1.165) is 44.6 Å². The molecule has 0 saturated carbocycles. The van der Waals surface area contributed by atoms with Gasteiger partial charge >= 0.3 is 0 Å². The monoisotopic (exact) mass is 330 g/mol. The third kappa shape index (κ3) is 2.23. The van der Waals surface area contributed by atoms with E-state index in [4.69, 9.17) is 10.7 Å². The van der Waals surface area contributed by atoms with Gasteiger partial charge in [-0.2, -0.15) is 0 Å². The Hall–Kier alpha value is -1.72.